The Balaban J connectivity index is 2.76. The fourth-order valence-electron chi connectivity index (χ4n) is 1.03. The summed E-state index contributed by atoms with van der Waals surface area (Å²) in [6.45, 7) is 0.0893. The normalized spacial score (nSPS) is 11.4. The molecule has 0 saturated carbocycles. The summed E-state index contributed by atoms with van der Waals surface area (Å²) in [5.74, 6) is -0.749. The number of nitrogens with one attached hydrogen (secondary N) is 1. The lowest BCUT2D eigenvalue weighted by molar-refractivity contribution is 0.217. The van der Waals surface area contributed by atoms with Gasteiger partial charge in [-0.15, -0.1) is 0 Å². The van der Waals surface area contributed by atoms with Crippen LogP contribution in [0.15, 0.2) is 18.2 Å². The van der Waals surface area contributed by atoms with Crippen LogP contribution in [0.3, 0.4) is 0 Å². The SMILES string of the molecule is COCCS(=O)(=O)Nc1ccc(F)c(N)c1. The summed E-state index contributed by atoms with van der Waals surface area (Å²) in [7, 11) is -2.07. The van der Waals surface area contributed by atoms with Crippen molar-refractivity contribution in [1.82, 2.24) is 0 Å². The third kappa shape index (κ3) is 3.67. The van der Waals surface area contributed by atoms with Crippen LogP contribution in [-0.2, 0) is 14.8 Å². The number of hydrogen-bond donors (Lipinski definition) is 2. The van der Waals surface area contributed by atoms with Crippen molar-refractivity contribution in [2.75, 3.05) is 29.9 Å². The number of anilines is 2. The van der Waals surface area contributed by atoms with E-state index in [0.29, 0.717) is 0 Å². The summed E-state index contributed by atoms with van der Waals surface area (Å²) < 4.78 is 42.6. The lowest BCUT2D eigenvalue weighted by Gasteiger charge is -2.08. The molecule has 0 heterocycles. The van der Waals surface area contributed by atoms with Crippen molar-refractivity contribution in [2.24, 2.45) is 0 Å². The van der Waals surface area contributed by atoms with E-state index in [2.05, 4.69) is 9.46 Å². The first-order valence-electron chi connectivity index (χ1n) is 4.49. The Bertz CT molecular complexity index is 462. The maximum atomic E-state index is 12.8. The number of rotatable bonds is 5. The Hall–Kier alpha value is -1.34. The molecule has 0 aliphatic heterocycles. The number of sulfonamides is 1. The second kappa shape index (κ2) is 5.13. The Morgan fingerprint density at radius 1 is 1.50 bits per heavy atom. The van der Waals surface area contributed by atoms with E-state index in [-0.39, 0.29) is 23.7 Å². The molecule has 16 heavy (non-hydrogen) atoms. The third-order valence-corrected chi connectivity index (χ3v) is 3.08. The van der Waals surface area contributed by atoms with Gasteiger partial charge in [-0.3, -0.25) is 4.72 Å². The molecule has 0 fully saturated rings. The third-order valence-electron chi connectivity index (χ3n) is 1.83. The van der Waals surface area contributed by atoms with Gasteiger partial charge in [-0.25, -0.2) is 12.8 Å². The predicted molar refractivity (Wildman–Crippen MR) is 60.1 cm³/mol. The molecule has 3 N–H and O–H groups in total. The first-order valence-corrected chi connectivity index (χ1v) is 6.14. The van der Waals surface area contributed by atoms with Gasteiger partial charge in [-0.1, -0.05) is 0 Å². The molecule has 0 spiro atoms. The van der Waals surface area contributed by atoms with E-state index < -0.39 is 15.8 Å². The Morgan fingerprint density at radius 3 is 2.75 bits per heavy atom. The number of nitrogen functional groups attached to an aromatic ring is 1. The van der Waals surface area contributed by atoms with E-state index in [1.165, 1.54) is 19.2 Å². The minimum absolute atomic E-state index is 0.0893. The lowest BCUT2D eigenvalue weighted by atomic mass is 10.3. The smallest absolute Gasteiger partial charge is 0.235 e. The molecule has 0 bridgehead atoms. The lowest BCUT2D eigenvalue weighted by Crippen LogP contribution is -2.19. The van der Waals surface area contributed by atoms with Crippen LogP contribution >= 0.6 is 0 Å². The maximum Gasteiger partial charge on any atom is 0.235 e. The molecule has 1 aromatic carbocycles. The van der Waals surface area contributed by atoms with Crippen LogP contribution in [-0.4, -0.2) is 27.9 Å². The minimum Gasteiger partial charge on any atom is -0.396 e. The van der Waals surface area contributed by atoms with Crippen molar-refractivity contribution >= 4 is 21.4 Å². The predicted octanol–water partition coefficient (Wildman–Crippen LogP) is 0.796. The zero-order valence-corrected chi connectivity index (χ0v) is 9.55. The number of nitrogens with two attached hydrogens (primary N) is 1. The van der Waals surface area contributed by atoms with E-state index in [0.717, 1.165) is 6.07 Å². The van der Waals surface area contributed by atoms with Crippen molar-refractivity contribution in [1.29, 1.82) is 0 Å². The fraction of sp³-hybridized carbons (Fsp3) is 0.333. The van der Waals surface area contributed by atoms with Gasteiger partial charge < -0.3 is 10.5 Å². The highest BCUT2D eigenvalue weighted by Crippen LogP contribution is 2.17. The Kier molecular flexibility index (Phi) is 4.08. The molecule has 0 saturated heterocycles. The minimum atomic E-state index is -3.48. The van der Waals surface area contributed by atoms with Gasteiger partial charge >= 0.3 is 0 Å². The van der Waals surface area contributed by atoms with Gasteiger partial charge in [-0.2, -0.15) is 0 Å². The topological polar surface area (TPSA) is 81.4 Å². The first-order chi connectivity index (χ1) is 7.44. The van der Waals surface area contributed by atoms with Crippen LogP contribution in [0.2, 0.25) is 0 Å². The maximum absolute atomic E-state index is 12.8. The molecule has 0 unspecified atom stereocenters. The van der Waals surface area contributed by atoms with Crippen molar-refractivity contribution in [3.63, 3.8) is 0 Å². The largest absolute Gasteiger partial charge is 0.396 e. The molecule has 0 amide bonds. The van der Waals surface area contributed by atoms with E-state index >= 15 is 0 Å². The van der Waals surface area contributed by atoms with Crippen molar-refractivity contribution in [3.8, 4) is 0 Å². The highest BCUT2D eigenvalue weighted by Gasteiger charge is 2.10. The molecule has 0 aromatic heterocycles. The summed E-state index contributed by atoms with van der Waals surface area (Å²) in [6.07, 6.45) is 0. The molecule has 0 aliphatic rings. The Morgan fingerprint density at radius 2 is 2.19 bits per heavy atom. The summed E-state index contributed by atoms with van der Waals surface area (Å²) in [4.78, 5) is 0. The molecule has 0 aliphatic carbocycles. The van der Waals surface area contributed by atoms with Gasteiger partial charge in [0.25, 0.3) is 0 Å². The molecule has 0 radical (unpaired) electrons. The quantitative estimate of drug-likeness (QED) is 0.755. The summed E-state index contributed by atoms with van der Waals surface area (Å²) in [6, 6.07) is 3.62. The van der Waals surface area contributed by atoms with Crippen LogP contribution < -0.4 is 10.5 Å². The van der Waals surface area contributed by atoms with Crippen molar-refractivity contribution < 1.29 is 17.5 Å². The van der Waals surface area contributed by atoms with Crippen molar-refractivity contribution in [3.05, 3.63) is 24.0 Å². The van der Waals surface area contributed by atoms with E-state index in [1.807, 2.05) is 0 Å². The summed E-state index contributed by atoms with van der Waals surface area (Å²) >= 11 is 0. The first kappa shape index (κ1) is 12.7. The van der Waals surface area contributed by atoms with E-state index in [4.69, 9.17) is 5.73 Å². The number of benzene rings is 1. The standard InChI is InChI=1S/C9H13FN2O3S/c1-15-4-5-16(13,14)12-7-2-3-8(10)9(11)6-7/h2-3,6,12H,4-5,11H2,1H3. The average Bonchev–Trinajstić information content (AvgIpc) is 2.20. The zero-order valence-electron chi connectivity index (χ0n) is 8.73. The molecule has 90 valence electrons. The second-order valence-corrected chi connectivity index (χ2v) is 4.99. The van der Waals surface area contributed by atoms with Crippen LogP contribution in [0.5, 0.6) is 0 Å². The van der Waals surface area contributed by atoms with Crippen LogP contribution in [0, 0.1) is 5.82 Å². The fourth-order valence-corrected chi connectivity index (χ4v) is 2.01. The number of ether oxygens (including phenoxy) is 1. The van der Waals surface area contributed by atoms with Gasteiger partial charge in [0.05, 0.1) is 23.7 Å². The van der Waals surface area contributed by atoms with Gasteiger partial charge in [0.2, 0.25) is 10.0 Å². The molecule has 1 rings (SSSR count). The van der Waals surface area contributed by atoms with E-state index in [1.54, 1.807) is 0 Å². The van der Waals surface area contributed by atoms with Gasteiger partial charge in [0.15, 0.2) is 0 Å². The number of methoxy groups -OCH3 is 1. The van der Waals surface area contributed by atoms with Crippen LogP contribution in [0.4, 0.5) is 15.8 Å². The molecule has 1 aromatic rings. The highest BCUT2D eigenvalue weighted by atomic mass is 32.2. The zero-order chi connectivity index (χ0) is 12.2. The van der Waals surface area contributed by atoms with Crippen LogP contribution in [0.25, 0.3) is 0 Å². The molecular weight excluding hydrogens is 235 g/mol. The summed E-state index contributed by atoms with van der Waals surface area (Å²) in [5, 5.41) is 0. The van der Waals surface area contributed by atoms with Gasteiger partial charge in [0, 0.05) is 7.11 Å². The molecule has 0 atom stereocenters. The highest BCUT2D eigenvalue weighted by molar-refractivity contribution is 7.92. The number of halogens is 1. The van der Waals surface area contributed by atoms with Crippen LogP contribution in [0.1, 0.15) is 0 Å². The average molecular weight is 248 g/mol. The van der Waals surface area contributed by atoms with Gasteiger partial charge in [0.1, 0.15) is 5.82 Å². The monoisotopic (exact) mass is 248 g/mol. The van der Waals surface area contributed by atoms with Gasteiger partial charge in [-0.05, 0) is 18.2 Å². The van der Waals surface area contributed by atoms with Crippen molar-refractivity contribution in [2.45, 2.75) is 0 Å². The number of hydrogen-bond acceptors (Lipinski definition) is 4. The molecule has 7 heteroatoms. The second-order valence-electron chi connectivity index (χ2n) is 3.15. The van der Waals surface area contributed by atoms with E-state index in [9.17, 15) is 12.8 Å². The molecule has 5 nitrogen and oxygen atoms in total. The molecular formula is C9H13FN2O3S. The Labute approximate surface area is 93.5 Å². The summed E-state index contributed by atoms with van der Waals surface area (Å²) in [5.41, 5.74) is 5.43.